The van der Waals surface area contributed by atoms with Crippen molar-refractivity contribution in [1.82, 2.24) is 9.29 Å². The molecule has 3 aromatic rings. The summed E-state index contributed by atoms with van der Waals surface area (Å²) < 4.78 is 26.7. The van der Waals surface area contributed by atoms with Crippen LogP contribution in [0.15, 0.2) is 53.4 Å². The fourth-order valence-corrected chi connectivity index (χ4v) is 5.33. The van der Waals surface area contributed by atoms with E-state index in [1.807, 2.05) is 30.3 Å². The number of aromatic nitrogens is 1. The molecule has 27 heavy (non-hydrogen) atoms. The second-order valence-electron chi connectivity index (χ2n) is 7.88. The second-order valence-corrected chi connectivity index (χ2v) is 10.0. The normalized spacial score (nSPS) is 21.8. The Hall–Kier alpha value is -2.31. The lowest BCUT2D eigenvalue weighted by Crippen LogP contribution is -2.29. The number of rotatable bonds is 4. The highest BCUT2D eigenvalue weighted by Crippen LogP contribution is 2.46. The largest absolute Gasteiger partial charge is 0.368 e. The highest BCUT2D eigenvalue weighted by molar-refractivity contribution is 7.89. The lowest BCUT2D eigenvalue weighted by Gasteiger charge is -2.29. The highest BCUT2D eigenvalue weighted by atomic mass is 32.2. The van der Waals surface area contributed by atoms with Crippen LogP contribution >= 0.6 is 0 Å². The molecule has 0 unspecified atom stereocenters. The first-order valence-electron chi connectivity index (χ1n) is 9.35. The first kappa shape index (κ1) is 16.8. The summed E-state index contributed by atoms with van der Waals surface area (Å²) in [4.78, 5) is 6.26. The zero-order chi connectivity index (χ0) is 18.8. The fourth-order valence-electron chi connectivity index (χ4n) is 4.40. The molecule has 6 heteroatoms. The van der Waals surface area contributed by atoms with E-state index in [1.165, 1.54) is 17.1 Å². The molecule has 140 valence electrons. The second kappa shape index (κ2) is 5.84. The van der Waals surface area contributed by atoms with Gasteiger partial charge in [-0.1, -0.05) is 18.2 Å². The summed E-state index contributed by atoms with van der Waals surface area (Å²) in [6, 6.07) is 16.4. The number of nitrogens with zero attached hydrogens (tertiary/aromatic N) is 2. The third-order valence-corrected chi connectivity index (χ3v) is 7.79. The van der Waals surface area contributed by atoms with Crippen LogP contribution in [0.4, 0.5) is 5.69 Å². The molecule has 1 aliphatic carbocycles. The maximum atomic E-state index is 12.7. The van der Waals surface area contributed by atoms with Crippen molar-refractivity contribution in [2.45, 2.75) is 23.8 Å². The number of para-hydroxylation sites is 1. The predicted octanol–water partition coefficient (Wildman–Crippen LogP) is 3.68. The molecule has 1 saturated carbocycles. The van der Waals surface area contributed by atoms with Crippen molar-refractivity contribution in [2.24, 2.45) is 5.92 Å². The summed E-state index contributed by atoms with van der Waals surface area (Å²) >= 11 is 0. The first-order chi connectivity index (χ1) is 12.9. The Bertz CT molecular complexity index is 1090. The average molecular weight is 382 g/mol. The van der Waals surface area contributed by atoms with Gasteiger partial charge < -0.3 is 9.88 Å². The van der Waals surface area contributed by atoms with Gasteiger partial charge in [-0.05, 0) is 49.1 Å². The van der Waals surface area contributed by atoms with E-state index in [4.69, 9.17) is 0 Å². The number of fused-ring (bicyclic) bond motifs is 2. The van der Waals surface area contributed by atoms with E-state index in [9.17, 15) is 8.42 Å². The zero-order valence-electron chi connectivity index (χ0n) is 15.5. The molecule has 3 heterocycles. The van der Waals surface area contributed by atoms with Crippen LogP contribution in [0, 0.1) is 5.92 Å². The molecule has 0 atom stereocenters. The number of sulfonamides is 1. The van der Waals surface area contributed by atoms with Crippen LogP contribution in [0.2, 0.25) is 0 Å². The van der Waals surface area contributed by atoms with Gasteiger partial charge in [-0.2, -0.15) is 0 Å². The van der Waals surface area contributed by atoms with Crippen molar-refractivity contribution in [2.75, 3.05) is 25.5 Å². The summed E-state index contributed by atoms with van der Waals surface area (Å²) in [7, 11) is -0.339. The van der Waals surface area contributed by atoms with E-state index < -0.39 is 10.0 Å². The van der Waals surface area contributed by atoms with Crippen LogP contribution in [-0.2, 0) is 10.0 Å². The Morgan fingerprint density at radius 2 is 1.85 bits per heavy atom. The minimum absolute atomic E-state index is 0.330. The molecule has 3 fully saturated rings. The van der Waals surface area contributed by atoms with Crippen LogP contribution in [0.25, 0.3) is 22.2 Å². The molecule has 0 amide bonds. The summed E-state index contributed by atoms with van der Waals surface area (Å²) in [6.45, 7) is 1.07. The molecule has 5 nitrogen and oxygen atoms in total. The molecule has 2 aliphatic heterocycles. The lowest BCUT2D eigenvalue weighted by atomic mass is 9.86. The Morgan fingerprint density at radius 1 is 1.07 bits per heavy atom. The van der Waals surface area contributed by atoms with Crippen molar-refractivity contribution < 1.29 is 8.42 Å². The Morgan fingerprint density at radius 3 is 2.52 bits per heavy atom. The van der Waals surface area contributed by atoms with Gasteiger partial charge in [0.25, 0.3) is 0 Å². The summed E-state index contributed by atoms with van der Waals surface area (Å²) in [5.41, 5.74) is 4.11. The summed E-state index contributed by atoms with van der Waals surface area (Å²) in [5.74, 6) is 0.788. The van der Waals surface area contributed by atoms with E-state index in [0.29, 0.717) is 10.9 Å². The van der Waals surface area contributed by atoms with E-state index in [-0.39, 0.29) is 0 Å². The monoisotopic (exact) mass is 381 g/mol. The smallest absolute Gasteiger partial charge is 0.242 e. The standard InChI is InChI=1S/C21H23N3O2S/c1-23(2)27(25,26)17-7-8-21(24-13-14-9-16(24)10-14)18(12-17)20-11-15-5-3-4-6-19(15)22-20/h3-8,11-12,14,16,22H,9-10,13H2,1-2H3. The molecule has 6 rings (SSSR count). The molecule has 2 aromatic carbocycles. The molecular weight excluding hydrogens is 358 g/mol. The van der Waals surface area contributed by atoms with E-state index in [1.54, 1.807) is 20.2 Å². The summed E-state index contributed by atoms with van der Waals surface area (Å²) in [6.07, 6.45) is 2.51. The van der Waals surface area contributed by atoms with Crippen molar-refractivity contribution in [1.29, 1.82) is 0 Å². The molecule has 1 N–H and O–H groups in total. The fraction of sp³-hybridized carbons (Fsp3) is 0.333. The molecule has 2 saturated heterocycles. The van der Waals surface area contributed by atoms with Crippen molar-refractivity contribution >= 4 is 26.6 Å². The number of anilines is 1. The van der Waals surface area contributed by atoms with Crippen LogP contribution in [0.3, 0.4) is 0 Å². The number of hydrogen-bond acceptors (Lipinski definition) is 3. The molecule has 0 radical (unpaired) electrons. The van der Waals surface area contributed by atoms with Crippen LogP contribution in [-0.4, -0.2) is 44.4 Å². The van der Waals surface area contributed by atoms with Crippen LogP contribution in [0.5, 0.6) is 0 Å². The van der Waals surface area contributed by atoms with Crippen LogP contribution in [0.1, 0.15) is 12.8 Å². The van der Waals surface area contributed by atoms with Gasteiger partial charge in [-0.25, -0.2) is 12.7 Å². The quantitative estimate of drug-likeness (QED) is 0.750. The Balaban J connectivity index is 1.69. The maximum Gasteiger partial charge on any atom is 0.242 e. The molecule has 1 aromatic heterocycles. The number of benzene rings is 2. The van der Waals surface area contributed by atoms with Gasteiger partial charge in [0.1, 0.15) is 0 Å². The van der Waals surface area contributed by atoms with Crippen molar-refractivity contribution in [3.63, 3.8) is 0 Å². The van der Waals surface area contributed by atoms with Gasteiger partial charge in [-0.3, -0.25) is 0 Å². The topological polar surface area (TPSA) is 56.4 Å². The van der Waals surface area contributed by atoms with Gasteiger partial charge >= 0.3 is 0 Å². The number of aromatic amines is 1. The van der Waals surface area contributed by atoms with Gasteiger partial charge in [-0.15, -0.1) is 0 Å². The minimum Gasteiger partial charge on any atom is -0.368 e. The maximum absolute atomic E-state index is 12.7. The molecular formula is C21H23N3O2S. The predicted molar refractivity (Wildman–Crippen MR) is 108 cm³/mol. The van der Waals surface area contributed by atoms with E-state index in [0.717, 1.165) is 40.3 Å². The SMILES string of the molecule is CN(C)S(=O)(=O)c1ccc(N2CC3CC2C3)c(-c2cc3ccccc3[nH]2)c1. The minimum atomic E-state index is -3.48. The number of nitrogens with one attached hydrogen (secondary N) is 1. The van der Waals surface area contributed by atoms with Gasteiger partial charge in [0.15, 0.2) is 0 Å². The third-order valence-electron chi connectivity index (χ3n) is 5.98. The first-order valence-corrected chi connectivity index (χ1v) is 10.8. The third kappa shape index (κ3) is 2.58. The van der Waals surface area contributed by atoms with Crippen LogP contribution < -0.4 is 4.90 Å². The number of H-pyrrole nitrogens is 1. The zero-order valence-corrected chi connectivity index (χ0v) is 16.3. The van der Waals surface area contributed by atoms with Gasteiger partial charge in [0.05, 0.1) is 4.90 Å². The van der Waals surface area contributed by atoms with E-state index >= 15 is 0 Å². The highest BCUT2D eigenvalue weighted by Gasteiger charge is 2.43. The van der Waals surface area contributed by atoms with Gasteiger partial charge in [0, 0.05) is 54.5 Å². The van der Waals surface area contributed by atoms with Crippen molar-refractivity contribution in [3.8, 4) is 11.3 Å². The van der Waals surface area contributed by atoms with Crippen molar-refractivity contribution in [3.05, 3.63) is 48.5 Å². The van der Waals surface area contributed by atoms with Gasteiger partial charge in [0.2, 0.25) is 10.0 Å². The molecule has 3 aliphatic rings. The summed E-state index contributed by atoms with van der Waals surface area (Å²) in [5, 5.41) is 1.13. The lowest BCUT2D eigenvalue weighted by molar-refractivity contribution is 0.381. The Labute approximate surface area is 159 Å². The molecule has 2 bridgehead atoms. The van der Waals surface area contributed by atoms with E-state index in [2.05, 4.69) is 22.0 Å². The number of hydrogen-bond donors (Lipinski definition) is 1. The molecule has 0 spiro atoms. The average Bonchev–Trinajstić information content (AvgIpc) is 3.33. The Kier molecular flexibility index (Phi) is 3.64.